The van der Waals surface area contributed by atoms with Gasteiger partial charge < -0.3 is 0 Å². The first kappa shape index (κ1) is 17.4. The number of benzene rings is 2. The lowest BCUT2D eigenvalue weighted by Gasteiger charge is -2.16. The molecule has 2 aromatic carbocycles. The van der Waals surface area contributed by atoms with Gasteiger partial charge in [0.2, 0.25) is 0 Å². The van der Waals surface area contributed by atoms with E-state index in [1.54, 1.807) is 0 Å². The van der Waals surface area contributed by atoms with E-state index < -0.39 is 0 Å². The maximum Gasteiger partial charge on any atom is 0.140 e. The van der Waals surface area contributed by atoms with Crippen molar-refractivity contribution in [3.8, 4) is 11.3 Å². The number of aryl methyl sites for hydroxylation is 2. The van der Waals surface area contributed by atoms with Crippen LogP contribution in [-0.2, 0) is 6.42 Å². The largest absolute Gasteiger partial charge is 0.264 e. The third-order valence-electron chi connectivity index (χ3n) is 5.63. The van der Waals surface area contributed by atoms with E-state index in [0.29, 0.717) is 11.1 Å². The summed E-state index contributed by atoms with van der Waals surface area (Å²) < 4.78 is 0. The SMILES string of the molecule is [B]c1nc(-c2cc(C)cc(C)c2)c2ccc(CC3CCCC3)cc2c1[B]. The van der Waals surface area contributed by atoms with Gasteiger partial charge in [-0.1, -0.05) is 66.5 Å². The Kier molecular flexibility index (Phi) is 4.65. The summed E-state index contributed by atoms with van der Waals surface area (Å²) in [6, 6.07) is 13.1. The molecule has 0 unspecified atom stereocenters. The molecule has 0 spiro atoms. The minimum atomic E-state index is 0.421. The van der Waals surface area contributed by atoms with Crippen molar-refractivity contribution in [1.29, 1.82) is 0 Å². The zero-order valence-corrected chi connectivity index (χ0v) is 15.7. The van der Waals surface area contributed by atoms with E-state index in [2.05, 4.69) is 55.2 Å². The number of fused-ring (bicyclic) bond motifs is 1. The molecule has 1 aromatic heterocycles. The van der Waals surface area contributed by atoms with E-state index in [1.165, 1.54) is 42.4 Å². The first-order valence-electron chi connectivity index (χ1n) is 9.57. The molecule has 1 heterocycles. The van der Waals surface area contributed by atoms with E-state index in [9.17, 15) is 0 Å². The van der Waals surface area contributed by atoms with Gasteiger partial charge >= 0.3 is 0 Å². The predicted molar refractivity (Wildman–Crippen MR) is 113 cm³/mol. The quantitative estimate of drug-likeness (QED) is 0.663. The Morgan fingerprint density at radius 3 is 2.31 bits per heavy atom. The first-order chi connectivity index (χ1) is 12.5. The van der Waals surface area contributed by atoms with Gasteiger partial charge in [0, 0.05) is 10.9 Å². The van der Waals surface area contributed by atoms with Crippen LogP contribution in [0.15, 0.2) is 36.4 Å². The number of rotatable bonds is 3. The summed E-state index contributed by atoms with van der Waals surface area (Å²) in [5.74, 6) is 0.812. The molecule has 1 aliphatic rings. The maximum atomic E-state index is 6.31. The van der Waals surface area contributed by atoms with Gasteiger partial charge in [-0.25, -0.2) is 0 Å². The van der Waals surface area contributed by atoms with Crippen LogP contribution in [0.2, 0.25) is 0 Å². The Balaban J connectivity index is 1.84. The Bertz CT molecular complexity index is 951. The first-order valence-corrected chi connectivity index (χ1v) is 9.57. The van der Waals surface area contributed by atoms with Crippen molar-refractivity contribution in [2.45, 2.75) is 46.0 Å². The van der Waals surface area contributed by atoms with Crippen LogP contribution in [0.25, 0.3) is 22.0 Å². The van der Waals surface area contributed by atoms with Crippen LogP contribution in [0.5, 0.6) is 0 Å². The summed E-state index contributed by atoms with van der Waals surface area (Å²) in [6.45, 7) is 4.22. The third kappa shape index (κ3) is 3.32. The monoisotopic (exact) mass is 335 g/mol. The molecule has 1 fully saturated rings. The maximum absolute atomic E-state index is 6.31. The molecule has 1 saturated carbocycles. The Labute approximate surface area is 159 Å². The van der Waals surface area contributed by atoms with Crippen LogP contribution in [0, 0.1) is 19.8 Å². The Morgan fingerprint density at radius 1 is 0.923 bits per heavy atom. The van der Waals surface area contributed by atoms with Crippen molar-refractivity contribution >= 4 is 37.5 Å². The van der Waals surface area contributed by atoms with E-state index in [-0.39, 0.29) is 0 Å². The lowest BCUT2D eigenvalue weighted by atomic mass is 9.80. The van der Waals surface area contributed by atoms with Gasteiger partial charge in [0.05, 0.1) is 5.69 Å². The molecule has 1 nitrogen and oxygen atoms in total. The molecule has 0 saturated heterocycles. The van der Waals surface area contributed by atoms with Crippen molar-refractivity contribution in [2.24, 2.45) is 5.92 Å². The van der Waals surface area contributed by atoms with Gasteiger partial charge in [0.1, 0.15) is 15.7 Å². The smallest absolute Gasteiger partial charge is 0.140 e. The van der Waals surface area contributed by atoms with Crippen molar-refractivity contribution in [1.82, 2.24) is 4.98 Å². The lowest BCUT2D eigenvalue weighted by molar-refractivity contribution is 0.547. The van der Waals surface area contributed by atoms with Crippen LogP contribution in [0.4, 0.5) is 0 Å². The fourth-order valence-corrected chi connectivity index (χ4v) is 4.41. The molecule has 4 rings (SSSR count). The Morgan fingerprint density at radius 2 is 1.62 bits per heavy atom. The average Bonchev–Trinajstić information content (AvgIpc) is 3.10. The third-order valence-corrected chi connectivity index (χ3v) is 5.63. The predicted octanol–water partition coefficient (Wildman–Crippen LogP) is 3.84. The van der Waals surface area contributed by atoms with Gasteiger partial charge in [-0.2, -0.15) is 0 Å². The van der Waals surface area contributed by atoms with Crippen LogP contribution in [-0.4, -0.2) is 20.7 Å². The van der Waals surface area contributed by atoms with E-state index in [4.69, 9.17) is 15.7 Å². The summed E-state index contributed by atoms with van der Waals surface area (Å²) in [5, 5.41) is 2.11. The molecule has 0 bridgehead atoms. The zero-order chi connectivity index (χ0) is 18.3. The van der Waals surface area contributed by atoms with Crippen molar-refractivity contribution in [3.05, 3.63) is 53.1 Å². The molecule has 1 aliphatic carbocycles. The van der Waals surface area contributed by atoms with Crippen molar-refractivity contribution in [3.63, 3.8) is 0 Å². The van der Waals surface area contributed by atoms with Crippen LogP contribution in [0.3, 0.4) is 0 Å². The highest BCUT2D eigenvalue weighted by atomic mass is 14.7. The number of hydrogen-bond donors (Lipinski definition) is 0. The van der Waals surface area contributed by atoms with E-state index >= 15 is 0 Å². The average molecular weight is 335 g/mol. The Hall–Kier alpha value is -2.02. The lowest BCUT2D eigenvalue weighted by Crippen LogP contribution is -2.30. The minimum Gasteiger partial charge on any atom is -0.264 e. The highest BCUT2D eigenvalue weighted by Crippen LogP contribution is 2.31. The van der Waals surface area contributed by atoms with Crippen LogP contribution >= 0.6 is 0 Å². The summed E-state index contributed by atoms with van der Waals surface area (Å²) >= 11 is 0. The number of pyridine rings is 1. The molecule has 3 heteroatoms. The second-order valence-electron chi connectivity index (χ2n) is 7.87. The second-order valence-corrected chi connectivity index (χ2v) is 7.87. The molecule has 4 radical (unpaired) electrons. The van der Waals surface area contributed by atoms with Crippen molar-refractivity contribution in [2.75, 3.05) is 0 Å². The van der Waals surface area contributed by atoms with Gasteiger partial charge in [0.15, 0.2) is 0 Å². The normalized spacial score (nSPS) is 15.0. The standard InChI is InChI=1S/C23H23B2N/c1-14-9-15(2)11-18(10-14)22-19-8-7-17(12-16-5-3-4-6-16)13-20(19)21(24)23(25)26-22/h7-11,13,16H,3-6,12H2,1-2H3. The van der Waals surface area contributed by atoms with Gasteiger partial charge in [0.25, 0.3) is 0 Å². The van der Waals surface area contributed by atoms with Gasteiger partial charge in [-0.15, -0.1) is 0 Å². The molecule has 0 atom stereocenters. The summed E-state index contributed by atoms with van der Waals surface area (Å²) in [5.41, 5.74) is 6.85. The molecule has 0 aliphatic heterocycles. The fraction of sp³-hybridized carbons (Fsp3) is 0.348. The van der Waals surface area contributed by atoms with Gasteiger partial charge in [-0.05, 0) is 54.9 Å². The van der Waals surface area contributed by atoms with Crippen molar-refractivity contribution < 1.29 is 0 Å². The molecule has 0 amide bonds. The molecule has 26 heavy (non-hydrogen) atoms. The molecule has 0 N–H and O–H groups in total. The number of nitrogens with zero attached hydrogens (tertiary/aromatic N) is 1. The van der Waals surface area contributed by atoms with Gasteiger partial charge in [-0.3, -0.25) is 4.98 Å². The summed E-state index contributed by atoms with van der Waals surface area (Å²) in [7, 11) is 12.5. The molecule has 3 aromatic rings. The second kappa shape index (κ2) is 6.95. The fourth-order valence-electron chi connectivity index (χ4n) is 4.41. The molecular formula is C23H23B2N. The number of hydrogen-bond acceptors (Lipinski definition) is 1. The topological polar surface area (TPSA) is 12.9 Å². The minimum absolute atomic E-state index is 0.421. The zero-order valence-electron chi connectivity index (χ0n) is 15.7. The molecular weight excluding hydrogens is 312 g/mol. The summed E-state index contributed by atoms with van der Waals surface area (Å²) in [6.07, 6.45) is 6.57. The van der Waals surface area contributed by atoms with Crippen LogP contribution < -0.4 is 11.1 Å². The molecule has 126 valence electrons. The summed E-state index contributed by atoms with van der Waals surface area (Å²) in [4.78, 5) is 4.64. The highest BCUT2D eigenvalue weighted by molar-refractivity contribution is 6.52. The highest BCUT2D eigenvalue weighted by Gasteiger charge is 2.17. The number of aromatic nitrogens is 1. The van der Waals surface area contributed by atoms with E-state index in [1.807, 2.05) is 0 Å². The van der Waals surface area contributed by atoms with Crippen LogP contribution in [0.1, 0.15) is 42.4 Å². The van der Waals surface area contributed by atoms with E-state index in [0.717, 1.165) is 34.4 Å².